The highest BCUT2D eigenvalue weighted by molar-refractivity contribution is 7.95. The highest BCUT2D eigenvalue weighted by atomic mass is 35.5. The molecule has 0 aliphatic carbocycles. The Balaban J connectivity index is 3.36. The van der Waals surface area contributed by atoms with Crippen LogP contribution in [0.4, 0.5) is 5.69 Å². The Morgan fingerprint density at radius 2 is 2.00 bits per heavy atom. The zero-order valence-electron chi connectivity index (χ0n) is 11.0. The van der Waals surface area contributed by atoms with Gasteiger partial charge in [-0.2, -0.15) is 0 Å². The van der Waals surface area contributed by atoms with E-state index in [9.17, 15) is 23.3 Å². The molecule has 0 saturated heterocycles. The van der Waals surface area contributed by atoms with Crippen LogP contribution in [-0.2, 0) is 9.84 Å². The van der Waals surface area contributed by atoms with Gasteiger partial charge >= 0.3 is 0 Å². The van der Waals surface area contributed by atoms with Gasteiger partial charge in [-0.3, -0.25) is 14.9 Å². The molecule has 1 unspecified atom stereocenters. The molecule has 0 aromatic heterocycles. The predicted octanol–water partition coefficient (Wildman–Crippen LogP) is 2.56. The average molecular weight is 320 g/mol. The van der Waals surface area contributed by atoms with Gasteiger partial charge in [0.1, 0.15) is 0 Å². The van der Waals surface area contributed by atoms with Crippen LogP contribution in [0.2, 0.25) is 0 Å². The molecular formula is C12H14ClNO5S. The third kappa shape index (κ3) is 2.83. The van der Waals surface area contributed by atoms with Crippen molar-refractivity contribution in [2.24, 2.45) is 0 Å². The molecule has 0 saturated carbocycles. The first-order valence-corrected chi connectivity index (χ1v) is 7.93. The van der Waals surface area contributed by atoms with E-state index in [-0.39, 0.29) is 23.4 Å². The predicted molar refractivity (Wildman–Crippen MR) is 75.8 cm³/mol. The van der Waals surface area contributed by atoms with Crippen LogP contribution in [0.5, 0.6) is 0 Å². The molecule has 0 heterocycles. The van der Waals surface area contributed by atoms with Crippen molar-refractivity contribution in [3.05, 3.63) is 39.9 Å². The van der Waals surface area contributed by atoms with Gasteiger partial charge in [0.05, 0.1) is 4.92 Å². The number of nitro benzene ring substituents is 1. The van der Waals surface area contributed by atoms with E-state index in [0.29, 0.717) is 0 Å². The normalized spacial score (nSPS) is 14.6. The van der Waals surface area contributed by atoms with Gasteiger partial charge in [0.2, 0.25) is 4.21 Å². The number of nitrogens with zero attached hydrogens (tertiary/aromatic N) is 1. The molecule has 0 spiro atoms. The first-order valence-electron chi connectivity index (χ1n) is 5.90. The van der Waals surface area contributed by atoms with E-state index in [1.54, 1.807) is 0 Å². The summed E-state index contributed by atoms with van der Waals surface area (Å²) >= 11 is 6.03. The number of hydrogen-bond acceptors (Lipinski definition) is 5. The van der Waals surface area contributed by atoms with E-state index < -0.39 is 24.8 Å². The highest BCUT2D eigenvalue weighted by Crippen LogP contribution is 2.32. The van der Waals surface area contributed by atoms with Crippen LogP contribution >= 0.6 is 11.6 Å². The third-order valence-corrected chi connectivity index (χ3v) is 6.35. The summed E-state index contributed by atoms with van der Waals surface area (Å²) in [6, 6.07) is 4.87. The molecule has 8 heteroatoms. The molecule has 110 valence electrons. The van der Waals surface area contributed by atoms with Crippen LogP contribution in [0.1, 0.15) is 30.6 Å². The van der Waals surface area contributed by atoms with Crippen molar-refractivity contribution in [3.63, 3.8) is 0 Å². The molecule has 20 heavy (non-hydrogen) atoms. The summed E-state index contributed by atoms with van der Waals surface area (Å²) in [6.45, 7) is 2.87. The second kappa shape index (κ2) is 5.88. The average Bonchev–Trinajstić information content (AvgIpc) is 2.45. The molecule has 0 fully saturated rings. The first kappa shape index (κ1) is 16.6. The maximum absolute atomic E-state index is 12.3. The molecule has 0 N–H and O–H groups in total. The van der Waals surface area contributed by atoms with Crippen molar-refractivity contribution in [1.29, 1.82) is 0 Å². The summed E-state index contributed by atoms with van der Waals surface area (Å²) in [7, 11) is -3.84. The van der Waals surface area contributed by atoms with Crippen molar-refractivity contribution in [2.75, 3.05) is 5.75 Å². The Labute approximate surface area is 121 Å². The molecule has 1 aromatic carbocycles. The van der Waals surface area contributed by atoms with Crippen LogP contribution in [0.3, 0.4) is 0 Å². The lowest BCUT2D eigenvalue weighted by Gasteiger charge is -2.23. The number of alkyl halides is 1. The summed E-state index contributed by atoms with van der Waals surface area (Å²) < 4.78 is 21.9. The monoisotopic (exact) mass is 319 g/mol. The Bertz CT molecular complexity index is 643. The van der Waals surface area contributed by atoms with E-state index in [1.807, 2.05) is 0 Å². The molecule has 6 nitrogen and oxygen atoms in total. The van der Waals surface area contributed by atoms with Crippen LogP contribution in [-0.4, -0.2) is 29.1 Å². The minimum atomic E-state index is -3.84. The first-order chi connectivity index (χ1) is 9.19. The standard InChI is InChI=1S/C12H14ClNO5S/c1-3-12(13,20(18,19)4-2)11(15)9-6-5-7-10(8-9)14(16)17/h5-8H,3-4H2,1-2H3. The van der Waals surface area contributed by atoms with E-state index in [0.717, 1.165) is 6.07 Å². The second-order valence-electron chi connectivity index (χ2n) is 4.12. The molecule has 0 bridgehead atoms. The smallest absolute Gasteiger partial charge is 0.270 e. The SMILES string of the molecule is CCC(Cl)(C(=O)c1cccc([N+](=O)[O-])c1)S(=O)(=O)CC. The molecule has 0 aliphatic rings. The Morgan fingerprint density at radius 3 is 2.45 bits per heavy atom. The van der Waals surface area contributed by atoms with Crippen LogP contribution < -0.4 is 0 Å². The molecule has 1 atom stereocenters. The lowest BCUT2D eigenvalue weighted by Crippen LogP contribution is -2.41. The topological polar surface area (TPSA) is 94.3 Å². The fourth-order valence-corrected chi connectivity index (χ4v) is 3.46. The summed E-state index contributed by atoms with van der Waals surface area (Å²) in [4.78, 5) is 22.4. The summed E-state index contributed by atoms with van der Waals surface area (Å²) in [5.41, 5.74) is -0.382. The van der Waals surface area contributed by atoms with Gasteiger partial charge in [-0.15, -0.1) is 0 Å². The van der Waals surface area contributed by atoms with Gasteiger partial charge in [-0.05, 0) is 6.42 Å². The zero-order valence-corrected chi connectivity index (χ0v) is 12.6. The Kier molecular flexibility index (Phi) is 4.88. The van der Waals surface area contributed by atoms with E-state index in [2.05, 4.69) is 0 Å². The van der Waals surface area contributed by atoms with Crippen molar-refractivity contribution in [1.82, 2.24) is 0 Å². The lowest BCUT2D eigenvalue weighted by atomic mass is 10.1. The summed E-state index contributed by atoms with van der Waals surface area (Å²) in [5.74, 6) is -1.13. The van der Waals surface area contributed by atoms with E-state index in [4.69, 9.17) is 11.6 Å². The van der Waals surface area contributed by atoms with Gasteiger partial charge in [0.15, 0.2) is 15.6 Å². The molecule has 1 aromatic rings. The summed E-state index contributed by atoms with van der Waals surface area (Å²) in [5, 5.41) is 10.7. The Hall–Kier alpha value is -1.47. The minimum Gasteiger partial charge on any atom is -0.291 e. The lowest BCUT2D eigenvalue weighted by molar-refractivity contribution is -0.384. The number of nitro groups is 1. The molecule has 0 radical (unpaired) electrons. The number of hydrogen-bond donors (Lipinski definition) is 0. The number of carbonyl (C=O) groups excluding carboxylic acids is 1. The quantitative estimate of drug-likeness (QED) is 0.347. The maximum atomic E-state index is 12.3. The number of sulfone groups is 1. The minimum absolute atomic E-state index is 0.0897. The number of carbonyl (C=O) groups is 1. The summed E-state index contributed by atoms with van der Waals surface area (Å²) in [6.07, 6.45) is -0.119. The molecule has 0 aliphatic heterocycles. The molecule has 0 amide bonds. The van der Waals surface area contributed by atoms with Gasteiger partial charge < -0.3 is 0 Å². The fraction of sp³-hybridized carbons (Fsp3) is 0.417. The van der Waals surface area contributed by atoms with Gasteiger partial charge in [-0.1, -0.05) is 37.6 Å². The number of Topliss-reactive ketones (excluding diaryl/α,β-unsaturated/α-hetero) is 1. The van der Waals surface area contributed by atoms with E-state index >= 15 is 0 Å². The van der Waals surface area contributed by atoms with Gasteiger partial charge in [0, 0.05) is 23.4 Å². The van der Waals surface area contributed by atoms with Crippen LogP contribution in [0.15, 0.2) is 24.3 Å². The van der Waals surface area contributed by atoms with Crippen LogP contribution in [0, 0.1) is 10.1 Å². The zero-order chi connectivity index (χ0) is 15.6. The Morgan fingerprint density at radius 1 is 1.40 bits per heavy atom. The van der Waals surface area contributed by atoms with Crippen molar-refractivity contribution in [2.45, 2.75) is 24.5 Å². The van der Waals surface area contributed by atoms with Crippen LogP contribution in [0.25, 0.3) is 0 Å². The fourth-order valence-electron chi connectivity index (χ4n) is 1.73. The maximum Gasteiger partial charge on any atom is 0.270 e. The van der Waals surface area contributed by atoms with Gasteiger partial charge in [0.25, 0.3) is 5.69 Å². The number of ketones is 1. The number of non-ortho nitro benzene ring substituents is 1. The van der Waals surface area contributed by atoms with E-state index in [1.165, 1.54) is 32.0 Å². The van der Waals surface area contributed by atoms with Crippen molar-refractivity contribution < 1.29 is 18.1 Å². The largest absolute Gasteiger partial charge is 0.291 e. The van der Waals surface area contributed by atoms with Crippen molar-refractivity contribution >= 4 is 32.9 Å². The number of rotatable bonds is 6. The highest BCUT2D eigenvalue weighted by Gasteiger charge is 2.46. The molecular weight excluding hydrogens is 306 g/mol. The number of benzene rings is 1. The third-order valence-electron chi connectivity index (χ3n) is 2.99. The molecule has 1 rings (SSSR count). The second-order valence-corrected chi connectivity index (χ2v) is 7.50. The number of halogens is 1. The van der Waals surface area contributed by atoms with Crippen molar-refractivity contribution in [3.8, 4) is 0 Å². The van der Waals surface area contributed by atoms with Gasteiger partial charge in [-0.25, -0.2) is 8.42 Å².